The number of methoxy groups -OCH3 is 2. The van der Waals surface area contributed by atoms with Crippen molar-refractivity contribution in [2.75, 3.05) is 14.2 Å². The summed E-state index contributed by atoms with van der Waals surface area (Å²) in [5, 5.41) is 1.97. The summed E-state index contributed by atoms with van der Waals surface area (Å²) >= 11 is 1.56. The van der Waals surface area contributed by atoms with E-state index in [2.05, 4.69) is 0 Å². The van der Waals surface area contributed by atoms with Gasteiger partial charge in [0.1, 0.15) is 18.1 Å². The maximum absolute atomic E-state index is 12.9. The Morgan fingerprint density at radius 1 is 0.971 bits per heavy atom. The lowest BCUT2D eigenvalue weighted by molar-refractivity contribution is 0.0601. The summed E-state index contributed by atoms with van der Waals surface area (Å²) in [4.78, 5) is 26.1. The van der Waals surface area contributed by atoms with E-state index < -0.39 is 5.97 Å². The van der Waals surface area contributed by atoms with Gasteiger partial charge in [-0.15, -0.1) is 11.3 Å². The molecule has 0 N–H and O–H groups in total. The highest BCUT2D eigenvalue weighted by Crippen LogP contribution is 2.44. The molecule has 0 fully saturated rings. The number of carbonyl (C=O) groups is 2. The second-order valence-electron chi connectivity index (χ2n) is 8.07. The van der Waals surface area contributed by atoms with Crippen LogP contribution in [0.25, 0.3) is 32.7 Å². The molecule has 0 spiro atoms. The highest BCUT2D eigenvalue weighted by molar-refractivity contribution is 7.13. The van der Waals surface area contributed by atoms with E-state index in [-0.39, 0.29) is 0 Å². The van der Waals surface area contributed by atoms with E-state index in [1.165, 1.54) is 7.11 Å². The van der Waals surface area contributed by atoms with Crippen molar-refractivity contribution in [3.8, 4) is 44.2 Å². The molecule has 0 amide bonds. The summed E-state index contributed by atoms with van der Waals surface area (Å²) in [6.07, 6.45) is 0.807. The van der Waals surface area contributed by atoms with E-state index in [1.807, 2.05) is 66.9 Å². The average Bonchev–Trinajstić information content (AvgIpc) is 3.41. The van der Waals surface area contributed by atoms with Gasteiger partial charge >= 0.3 is 5.97 Å². The van der Waals surface area contributed by atoms with Crippen molar-refractivity contribution < 1.29 is 23.8 Å². The molecule has 0 aliphatic carbocycles. The molecule has 6 heteroatoms. The minimum Gasteiger partial charge on any atom is -0.496 e. The van der Waals surface area contributed by atoms with Gasteiger partial charge < -0.3 is 14.2 Å². The molecule has 0 unspecified atom stereocenters. The van der Waals surface area contributed by atoms with E-state index in [0.717, 1.165) is 44.7 Å². The van der Waals surface area contributed by atoms with Gasteiger partial charge in [0.25, 0.3) is 0 Å². The first-order valence-corrected chi connectivity index (χ1v) is 11.6. The third kappa shape index (κ3) is 3.66. The predicted molar refractivity (Wildman–Crippen MR) is 133 cm³/mol. The van der Waals surface area contributed by atoms with Crippen LogP contribution in [0.2, 0.25) is 0 Å². The number of carbonyl (C=O) groups excluding carboxylic acids is 2. The first kappa shape index (κ1) is 21.9. The summed E-state index contributed by atoms with van der Waals surface area (Å²) in [6.45, 7) is 2.38. The fraction of sp³-hybridized carbons (Fsp3) is 0.143. The molecule has 2 heterocycles. The first-order valence-electron chi connectivity index (χ1n) is 10.7. The van der Waals surface area contributed by atoms with Crippen LogP contribution in [0.3, 0.4) is 0 Å². The van der Waals surface area contributed by atoms with Crippen LogP contribution in [0.5, 0.6) is 11.5 Å². The SMILES string of the molecule is COC(=O)c1cc2c(cc1-c1cc(OC)c(-c3cccs3)cc1C=O)COc1ccc(C)cc1-2. The van der Waals surface area contributed by atoms with Gasteiger partial charge in [-0.2, -0.15) is 0 Å². The van der Waals surface area contributed by atoms with Crippen molar-refractivity contribution in [3.05, 3.63) is 82.2 Å². The lowest BCUT2D eigenvalue weighted by atomic mass is 9.87. The van der Waals surface area contributed by atoms with Gasteiger partial charge in [-0.25, -0.2) is 4.79 Å². The van der Waals surface area contributed by atoms with Crippen molar-refractivity contribution in [1.29, 1.82) is 0 Å². The zero-order valence-corrected chi connectivity index (χ0v) is 19.8. The average molecular weight is 471 g/mol. The van der Waals surface area contributed by atoms with Gasteiger partial charge in [-0.1, -0.05) is 17.7 Å². The van der Waals surface area contributed by atoms with Gasteiger partial charge in [0.05, 0.1) is 19.8 Å². The Hall–Kier alpha value is -3.90. The molecule has 0 saturated heterocycles. The van der Waals surface area contributed by atoms with Crippen LogP contribution in [0.1, 0.15) is 31.8 Å². The number of aldehydes is 1. The highest BCUT2D eigenvalue weighted by atomic mass is 32.1. The molecule has 170 valence electrons. The molecule has 4 aromatic rings. The van der Waals surface area contributed by atoms with Gasteiger partial charge in [-0.05, 0) is 77.0 Å². The number of hydrogen-bond acceptors (Lipinski definition) is 6. The fourth-order valence-electron chi connectivity index (χ4n) is 4.37. The maximum atomic E-state index is 12.9. The minimum absolute atomic E-state index is 0.362. The topological polar surface area (TPSA) is 61.8 Å². The first-order chi connectivity index (χ1) is 16.5. The van der Waals surface area contributed by atoms with E-state index in [4.69, 9.17) is 14.2 Å². The monoisotopic (exact) mass is 470 g/mol. The van der Waals surface area contributed by atoms with Crippen LogP contribution < -0.4 is 9.47 Å². The van der Waals surface area contributed by atoms with E-state index in [9.17, 15) is 9.59 Å². The molecule has 0 bridgehead atoms. The number of thiophene rings is 1. The number of rotatable bonds is 5. The third-order valence-corrected chi connectivity index (χ3v) is 6.94. The number of benzene rings is 3. The second-order valence-corrected chi connectivity index (χ2v) is 9.02. The van der Waals surface area contributed by atoms with Crippen LogP contribution >= 0.6 is 11.3 Å². The number of aryl methyl sites for hydroxylation is 1. The Balaban J connectivity index is 1.76. The number of ether oxygens (including phenoxy) is 3. The summed E-state index contributed by atoms with van der Waals surface area (Å²) in [7, 11) is 2.95. The number of hydrogen-bond donors (Lipinski definition) is 0. The lowest BCUT2D eigenvalue weighted by Crippen LogP contribution is -2.11. The molecule has 0 atom stereocenters. The van der Waals surface area contributed by atoms with Crippen molar-refractivity contribution in [3.63, 3.8) is 0 Å². The number of fused-ring (bicyclic) bond motifs is 3. The zero-order chi connectivity index (χ0) is 23.8. The summed E-state index contributed by atoms with van der Waals surface area (Å²) < 4.78 is 16.8. The van der Waals surface area contributed by atoms with E-state index in [0.29, 0.717) is 34.6 Å². The number of esters is 1. The summed E-state index contributed by atoms with van der Waals surface area (Å²) in [6, 6.07) is 17.3. The Kier molecular flexibility index (Phi) is 5.67. The molecule has 3 aromatic carbocycles. The molecule has 5 rings (SSSR count). The molecule has 0 saturated carbocycles. The molecule has 5 nitrogen and oxygen atoms in total. The molecular weight excluding hydrogens is 448 g/mol. The molecule has 1 aromatic heterocycles. The van der Waals surface area contributed by atoms with Crippen molar-refractivity contribution in [2.24, 2.45) is 0 Å². The van der Waals surface area contributed by atoms with Gasteiger partial charge in [0.15, 0.2) is 6.29 Å². The summed E-state index contributed by atoms with van der Waals surface area (Å²) in [5.74, 6) is 0.919. The van der Waals surface area contributed by atoms with Crippen LogP contribution in [-0.4, -0.2) is 26.5 Å². The molecule has 1 aliphatic heterocycles. The Morgan fingerprint density at radius 3 is 2.53 bits per heavy atom. The van der Waals surface area contributed by atoms with Crippen LogP contribution in [0.4, 0.5) is 0 Å². The van der Waals surface area contributed by atoms with Gasteiger partial charge in [-0.3, -0.25) is 4.79 Å². The van der Waals surface area contributed by atoms with Crippen LogP contribution in [0.15, 0.2) is 60.0 Å². The standard InChI is InChI=1S/C28H22O5S/c1-16-6-7-25-22(9-16)19-12-23(28(30)32-3)21(11-18(19)15-33-25)20-13-26(31-2)24(10-17(20)14-29)27-5-4-8-34-27/h4-14H,15H2,1-3H3. The van der Waals surface area contributed by atoms with Gasteiger partial charge in [0.2, 0.25) is 0 Å². The minimum atomic E-state index is -0.475. The Labute approximate surface area is 201 Å². The zero-order valence-electron chi connectivity index (χ0n) is 19.0. The quantitative estimate of drug-likeness (QED) is 0.244. The largest absolute Gasteiger partial charge is 0.496 e. The lowest BCUT2D eigenvalue weighted by Gasteiger charge is -2.24. The normalized spacial score (nSPS) is 11.7. The van der Waals surface area contributed by atoms with Gasteiger partial charge in [0, 0.05) is 21.6 Å². The second kappa shape index (κ2) is 8.80. The van der Waals surface area contributed by atoms with E-state index in [1.54, 1.807) is 18.4 Å². The highest BCUT2D eigenvalue weighted by Gasteiger charge is 2.25. The van der Waals surface area contributed by atoms with Crippen molar-refractivity contribution in [1.82, 2.24) is 0 Å². The Bertz CT molecular complexity index is 1420. The predicted octanol–water partition coefficient (Wildman–Crippen LogP) is 6.56. The summed E-state index contributed by atoms with van der Waals surface area (Å²) in [5.41, 5.74) is 6.74. The van der Waals surface area contributed by atoms with Crippen molar-refractivity contribution in [2.45, 2.75) is 13.5 Å². The molecule has 0 radical (unpaired) electrons. The smallest absolute Gasteiger partial charge is 0.338 e. The Morgan fingerprint density at radius 2 is 1.82 bits per heavy atom. The van der Waals surface area contributed by atoms with Crippen molar-refractivity contribution >= 4 is 23.6 Å². The van der Waals surface area contributed by atoms with E-state index >= 15 is 0 Å². The van der Waals surface area contributed by atoms with Crippen LogP contribution in [-0.2, 0) is 11.3 Å². The molecule has 1 aliphatic rings. The third-order valence-electron chi connectivity index (χ3n) is 6.03. The van der Waals surface area contributed by atoms with Crippen LogP contribution in [0, 0.1) is 6.92 Å². The molecular formula is C28H22O5S. The maximum Gasteiger partial charge on any atom is 0.338 e. The fourth-order valence-corrected chi connectivity index (χ4v) is 5.12. The molecule has 34 heavy (non-hydrogen) atoms.